The van der Waals surface area contributed by atoms with Gasteiger partial charge in [-0.15, -0.1) is 0 Å². The molecule has 1 aromatic carbocycles. The number of anilines is 2. The number of nitrogens with two attached hydrogens (primary N) is 1. The number of nitrogens with zero attached hydrogens (tertiary/aromatic N) is 1. The molecule has 0 aliphatic carbocycles. The normalized spacial score (nSPS) is 15.2. The lowest BCUT2D eigenvalue weighted by Gasteiger charge is -2.14. The number of carbonyl (C=O) groups is 1. The lowest BCUT2D eigenvalue weighted by molar-refractivity contribution is -0.120. The number of hydroxylamine groups is 2. The molecular weight excluding hydrogens is 258 g/mol. The number of hydrogen-bond acceptors (Lipinski definition) is 5. The predicted octanol–water partition coefficient (Wildman–Crippen LogP) is 1.63. The zero-order valence-corrected chi connectivity index (χ0v) is 11.7. The third-order valence-electron chi connectivity index (χ3n) is 3.13. The molecule has 0 spiro atoms. The topological polar surface area (TPSA) is 76.8 Å². The number of rotatable bonds is 6. The molecule has 1 aliphatic rings. The summed E-state index contributed by atoms with van der Waals surface area (Å²) in [6, 6.07) is 5.17. The lowest BCUT2D eigenvalue weighted by Crippen LogP contribution is -2.21. The largest absolute Gasteiger partial charge is 0.495 e. The van der Waals surface area contributed by atoms with Crippen molar-refractivity contribution >= 4 is 17.3 Å². The van der Waals surface area contributed by atoms with Crippen LogP contribution in [0.25, 0.3) is 0 Å². The molecule has 0 bridgehead atoms. The molecule has 20 heavy (non-hydrogen) atoms. The molecule has 3 N–H and O–H groups in total. The maximum atomic E-state index is 11.9. The number of amides is 1. The molecule has 2 rings (SSSR count). The molecule has 0 unspecified atom stereocenters. The SMILES string of the molecule is COc1ccc(N)cc1NC(=O)CCCN1CCCO1. The first-order valence-corrected chi connectivity index (χ1v) is 6.80. The Kier molecular flexibility index (Phi) is 5.20. The summed E-state index contributed by atoms with van der Waals surface area (Å²) >= 11 is 0. The van der Waals surface area contributed by atoms with Crippen molar-refractivity contribution in [2.24, 2.45) is 0 Å². The summed E-state index contributed by atoms with van der Waals surface area (Å²) in [5.74, 6) is 0.559. The number of carbonyl (C=O) groups excluding carboxylic acids is 1. The molecule has 0 saturated carbocycles. The minimum atomic E-state index is -0.0481. The number of methoxy groups -OCH3 is 1. The van der Waals surface area contributed by atoms with E-state index in [9.17, 15) is 4.79 Å². The number of nitrogen functional groups attached to an aromatic ring is 1. The highest BCUT2D eigenvalue weighted by Crippen LogP contribution is 2.26. The highest BCUT2D eigenvalue weighted by atomic mass is 16.7. The Morgan fingerprint density at radius 3 is 3.10 bits per heavy atom. The van der Waals surface area contributed by atoms with E-state index in [-0.39, 0.29) is 5.91 Å². The molecule has 6 heteroatoms. The van der Waals surface area contributed by atoms with Gasteiger partial charge in [0.25, 0.3) is 0 Å². The third kappa shape index (κ3) is 4.11. The molecule has 1 amide bonds. The first-order chi connectivity index (χ1) is 9.69. The fraction of sp³-hybridized carbons (Fsp3) is 0.500. The van der Waals surface area contributed by atoms with Gasteiger partial charge in [-0.05, 0) is 31.0 Å². The van der Waals surface area contributed by atoms with E-state index in [4.69, 9.17) is 15.3 Å². The van der Waals surface area contributed by atoms with Crippen LogP contribution in [-0.4, -0.2) is 37.8 Å². The van der Waals surface area contributed by atoms with E-state index in [2.05, 4.69) is 5.32 Å². The fourth-order valence-electron chi connectivity index (χ4n) is 2.13. The van der Waals surface area contributed by atoms with Crippen LogP contribution in [0.15, 0.2) is 18.2 Å². The number of benzene rings is 1. The minimum Gasteiger partial charge on any atom is -0.495 e. The van der Waals surface area contributed by atoms with E-state index in [1.54, 1.807) is 25.3 Å². The van der Waals surface area contributed by atoms with Crippen LogP contribution < -0.4 is 15.8 Å². The molecule has 0 aromatic heterocycles. The summed E-state index contributed by atoms with van der Waals surface area (Å²) in [5, 5.41) is 4.74. The predicted molar refractivity (Wildman–Crippen MR) is 77.4 cm³/mol. The van der Waals surface area contributed by atoms with Crippen LogP contribution in [0.1, 0.15) is 19.3 Å². The standard InChI is InChI=1S/C14H21N3O3/c1-19-13-6-5-11(15)10-12(13)16-14(18)4-2-7-17-8-3-9-20-17/h5-6,10H,2-4,7-9,15H2,1H3,(H,16,18). The number of hydrogen-bond donors (Lipinski definition) is 2. The van der Waals surface area contributed by atoms with Gasteiger partial charge in [-0.3, -0.25) is 9.63 Å². The van der Waals surface area contributed by atoms with Crippen molar-refractivity contribution in [3.8, 4) is 5.75 Å². The van der Waals surface area contributed by atoms with Gasteiger partial charge in [0.2, 0.25) is 5.91 Å². The summed E-state index contributed by atoms with van der Waals surface area (Å²) in [7, 11) is 1.56. The Labute approximate surface area is 118 Å². The molecule has 110 valence electrons. The molecule has 1 heterocycles. The average Bonchev–Trinajstić information content (AvgIpc) is 2.92. The summed E-state index contributed by atoms with van der Waals surface area (Å²) in [6.45, 7) is 2.51. The Hall–Kier alpha value is -1.79. The fourth-order valence-corrected chi connectivity index (χ4v) is 2.13. The number of ether oxygens (including phenoxy) is 1. The Balaban J connectivity index is 1.80. The van der Waals surface area contributed by atoms with Gasteiger partial charge in [0.1, 0.15) is 5.75 Å². The van der Waals surface area contributed by atoms with E-state index in [0.29, 0.717) is 23.5 Å². The summed E-state index contributed by atoms with van der Waals surface area (Å²) in [6.07, 6.45) is 2.26. The quantitative estimate of drug-likeness (QED) is 0.774. The maximum Gasteiger partial charge on any atom is 0.224 e. The summed E-state index contributed by atoms with van der Waals surface area (Å²) < 4.78 is 5.19. The first kappa shape index (κ1) is 14.6. The Morgan fingerprint density at radius 2 is 2.40 bits per heavy atom. The molecule has 0 atom stereocenters. The number of nitrogens with one attached hydrogen (secondary N) is 1. The van der Waals surface area contributed by atoms with Gasteiger partial charge in [0, 0.05) is 25.2 Å². The summed E-state index contributed by atoms with van der Waals surface area (Å²) in [4.78, 5) is 17.3. The van der Waals surface area contributed by atoms with Crippen LogP contribution >= 0.6 is 0 Å². The smallest absolute Gasteiger partial charge is 0.224 e. The third-order valence-corrected chi connectivity index (χ3v) is 3.13. The van der Waals surface area contributed by atoms with E-state index in [1.165, 1.54) is 0 Å². The average molecular weight is 279 g/mol. The van der Waals surface area contributed by atoms with Gasteiger partial charge in [-0.1, -0.05) is 0 Å². The molecular formula is C14H21N3O3. The molecule has 1 aliphatic heterocycles. The van der Waals surface area contributed by atoms with Crippen molar-refractivity contribution in [2.45, 2.75) is 19.3 Å². The van der Waals surface area contributed by atoms with E-state index < -0.39 is 0 Å². The second kappa shape index (κ2) is 7.12. The van der Waals surface area contributed by atoms with Gasteiger partial charge in [-0.2, -0.15) is 5.06 Å². The van der Waals surface area contributed by atoms with Gasteiger partial charge in [-0.25, -0.2) is 0 Å². The maximum absolute atomic E-state index is 11.9. The molecule has 1 fully saturated rings. The van der Waals surface area contributed by atoms with Crippen molar-refractivity contribution in [1.82, 2.24) is 5.06 Å². The Morgan fingerprint density at radius 1 is 1.55 bits per heavy atom. The van der Waals surface area contributed by atoms with Gasteiger partial charge < -0.3 is 15.8 Å². The molecule has 0 radical (unpaired) electrons. The monoisotopic (exact) mass is 279 g/mol. The second-order valence-corrected chi connectivity index (χ2v) is 4.73. The molecule has 1 saturated heterocycles. The van der Waals surface area contributed by atoms with Crippen molar-refractivity contribution in [3.05, 3.63) is 18.2 Å². The van der Waals surface area contributed by atoms with Crippen LogP contribution in [0.5, 0.6) is 5.75 Å². The highest BCUT2D eigenvalue weighted by Gasteiger charge is 2.13. The van der Waals surface area contributed by atoms with Crippen molar-refractivity contribution < 1.29 is 14.4 Å². The molecule has 1 aromatic rings. The van der Waals surface area contributed by atoms with Gasteiger partial charge >= 0.3 is 0 Å². The van der Waals surface area contributed by atoms with E-state index in [0.717, 1.165) is 32.5 Å². The minimum absolute atomic E-state index is 0.0481. The van der Waals surface area contributed by atoms with E-state index >= 15 is 0 Å². The van der Waals surface area contributed by atoms with Crippen molar-refractivity contribution in [2.75, 3.05) is 37.9 Å². The van der Waals surface area contributed by atoms with Crippen molar-refractivity contribution in [1.29, 1.82) is 0 Å². The Bertz CT molecular complexity index is 459. The van der Waals surface area contributed by atoms with Crippen LogP contribution in [0.4, 0.5) is 11.4 Å². The first-order valence-electron chi connectivity index (χ1n) is 6.80. The van der Waals surface area contributed by atoms with Crippen molar-refractivity contribution in [3.63, 3.8) is 0 Å². The van der Waals surface area contributed by atoms with E-state index in [1.807, 2.05) is 5.06 Å². The summed E-state index contributed by atoms with van der Waals surface area (Å²) in [5.41, 5.74) is 6.91. The van der Waals surface area contributed by atoms with Crippen LogP contribution in [0.2, 0.25) is 0 Å². The second-order valence-electron chi connectivity index (χ2n) is 4.73. The lowest BCUT2D eigenvalue weighted by atomic mass is 10.2. The zero-order chi connectivity index (χ0) is 14.4. The van der Waals surface area contributed by atoms with Gasteiger partial charge in [0.05, 0.1) is 19.4 Å². The van der Waals surface area contributed by atoms with Gasteiger partial charge in [0.15, 0.2) is 0 Å². The molecule has 6 nitrogen and oxygen atoms in total. The van der Waals surface area contributed by atoms with Crippen LogP contribution in [-0.2, 0) is 9.63 Å². The zero-order valence-electron chi connectivity index (χ0n) is 11.7. The van der Waals surface area contributed by atoms with Crippen LogP contribution in [0, 0.1) is 0 Å². The highest BCUT2D eigenvalue weighted by molar-refractivity contribution is 5.92. The van der Waals surface area contributed by atoms with Crippen LogP contribution in [0.3, 0.4) is 0 Å².